The van der Waals surface area contributed by atoms with E-state index in [2.05, 4.69) is 5.32 Å². The lowest BCUT2D eigenvalue weighted by molar-refractivity contribution is 0.412. The molecule has 0 aliphatic rings. The van der Waals surface area contributed by atoms with Gasteiger partial charge in [-0.25, -0.2) is 0 Å². The highest BCUT2D eigenvalue weighted by atomic mass is 35.5. The van der Waals surface area contributed by atoms with E-state index in [1.54, 1.807) is 7.11 Å². The van der Waals surface area contributed by atoms with E-state index in [1.807, 2.05) is 32.2 Å². The normalized spacial score (nSPS) is 8.58. The first kappa shape index (κ1) is 11.1. The topological polar surface area (TPSA) is 21.3 Å². The van der Waals surface area contributed by atoms with E-state index in [0.29, 0.717) is 0 Å². The van der Waals surface area contributed by atoms with E-state index >= 15 is 0 Å². The Labute approximate surface area is 79.3 Å². The second-order valence-electron chi connectivity index (χ2n) is 2.43. The van der Waals surface area contributed by atoms with Gasteiger partial charge in [-0.1, -0.05) is 6.07 Å². The number of hydrogen-bond donors (Lipinski definition) is 1. The highest BCUT2D eigenvalue weighted by molar-refractivity contribution is 5.85. The zero-order valence-electron chi connectivity index (χ0n) is 7.55. The minimum absolute atomic E-state index is 0. The Hall–Kier alpha value is -0.890. The second-order valence-corrected chi connectivity index (χ2v) is 2.43. The van der Waals surface area contributed by atoms with Crippen LogP contribution >= 0.6 is 12.4 Å². The Kier molecular flexibility index (Phi) is 4.52. The first-order chi connectivity index (χ1) is 5.27. The summed E-state index contributed by atoms with van der Waals surface area (Å²) in [5.74, 6) is 0.928. The number of aryl methyl sites for hydroxylation is 1. The molecule has 1 aromatic rings. The van der Waals surface area contributed by atoms with Crippen molar-refractivity contribution in [2.75, 3.05) is 19.5 Å². The lowest BCUT2D eigenvalue weighted by Gasteiger charge is -2.06. The SMILES string of the molecule is CNc1ccc(C)c(OC)c1.Cl. The van der Waals surface area contributed by atoms with Crippen molar-refractivity contribution < 1.29 is 4.74 Å². The van der Waals surface area contributed by atoms with E-state index < -0.39 is 0 Å². The fraction of sp³-hybridized carbons (Fsp3) is 0.333. The molecule has 1 aromatic carbocycles. The summed E-state index contributed by atoms with van der Waals surface area (Å²) >= 11 is 0. The summed E-state index contributed by atoms with van der Waals surface area (Å²) < 4.78 is 5.15. The van der Waals surface area contributed by atoms with Gasteiger partial charge in [0.25, 0.3) is 0 Å². The quantitative estimate of drug-likeness (QED) is 0.768. The molecule has 0 amide bonds. The molecule has 0 saturated heterocycles. The van der Waals surface area contributed by atoms with E-state index in [-0.39, 0.29) is 12.4 Å². The van der Waals surface area contributed by atoms with Gasteiger partial charge >= 0.3 is 0 Å². The van der Waals surface area contributed by atoms with Gasteiger partial charge in [0.05, 0.1) is 7.11 Å². The van der Waals surface area contributed by atoms with Crippen LogP contribution in [-0.4, -0.2) is 14.2 Å². The predicted molar refractivity (Wildman–Crippen MR) is 54.5 cm³/mol. The molecule has 2 nitrogen and oxygen atoms in total. The van der Waals surface area contributed by atoms with Crippen molar-refractivity contribution >= 4 is 18.1 Å². The second kappa shape index (κ2) is 4.88. The van der Waals surface area contributed by atoms with E-state index in [9.17, 15) is 0 Å². The van der Waals surface area contributed by atoms with Gasteiger partial charge in [-0.05, 0) is 18.6 Å². The molecule has 0 aliphatic heterocycles. The van der Waals surface area contributed by atoms with Crippen molar-refractivity contribution in [3.63, 3.8) is 0 Å². The minimum atomic E-state index is 0. The molecule has 0 fully saturated rings. The maximum absolute atomic E-state index is 5.15. The van der Waals surface area contributed by atoms with Crippen molar-refractivity contribution in [3.8, 4) is 5.75 Å². The number of methoxy groups -OCH3 is 1. The highest BCUT2D eigenvalue weighted by Crippen LogP contribution is 2.21. The molecule has 0 aliphatic carbocycles. The van der Waals surface area contributed by atoms with Crippen LogP contribution in [0.2, 0.25) is 0 Å². The minimum Gasteiger partial charge on any atom is -0.496 e. The van der Waals surface area contributed by atoms with Crippen LogP contribution in [0.1, 0.15) is 5.56 Å². The van der Waals surface area contributed by atoms with Crippen molar-refractivity contribution in [1.82, 2.24) is 0 Å². The molecule has 0 aromatic heterocycles. The van der Waals surface area contributed by atoms with Gasteiger partial charge in [-0.2, -0.15) is 0 Å². The van der Waals surface area contributed by atoms with Crippen LogP contribution in [0.25, 0.3) is 0 Å². The first-order valence-electron chi connectivity index (χ1n) is 3.60. The summed E-state index contributed by atoms with van der Waals surface area (Å²) in [7, 11) is 3.58. The van der Waals surface area contributed by atoms with Crippen LogP contribution in [0.3, 0.4) is 0 Å². The molecule has 0 radical (unpaired) electrons. The van der Waals surface area contributed by atoms with Crippen LogP contribution in [0.4, 0.5) is 5.69 Å². The predicted octanol–water partition coefficient (Wildman–Crippen LogP) is 2.47. The molecule has 0 spiro atoms. The lowest BCUT2D eigenvalue weighted by atomic mass is 10.2. The van der Waals surface area contributed by atoms with E-state index in [0.717, 1.165) is 17.0 Å². The summed E-state index contributed by atoms with van der Waals surface area (Å²) in [6, 6.07) is 6.04. The molecule has 68 valence electrons. The number of halogens is 1. The molecular formula is C9H14ClNO. The molecule has 3 heteroatoms. The summed E-state index contributed by atoms with van der Waals surface area (Å²) in [5, 5.41) is 3.05. The van der Waals surface area contributed by atoms with Crippen LogP contribution in [0, 0.1) is 6.92 Å². The summed E-state index contributed by atoms with van der Waals surface area (Å²) in [6.45, 7) is 2.03. The van der Waals surface area contributed by atoms with Crippen LogP contribution in [-0.2, 0) is 0 Å². The van der Waals surface area contributed by atoms with Gasteiger partial charge in [0.2, 0.25) is 0 Å². The Balaban J connectivity index is 0.00000121. The zero-order valence-corrected chi connectivity index (χ0v) is 8.37. The third kappa shape index (κ3) is 2.31. The standard InChI is InChI=1S/C9H13NO.ClH/c1-7-4-5-8(10-2)6-9(7)11-3;/h4-6,10H,1-3H3;1H. The number of benzene rings is 1. The summed E-state index contributed by atoms with van der Waals surface area (Å²) in [6.07, 6.45) is 0. The lowest BCUT2D eigenvalue weighted by Crippen LogP contribution is -1.91. The summed E-state index contributed by atoms with van der Waals surface area (Å²) in [4.78, 5) is 0. The van der Waals surface area contributed by atoms with Crippen molar-refractivity contribution in [3.05, 3.63) is 23.8 Å². The molecule has 1 N–H and O–H groups in total. The van der Waals surface area contributed by atoms with Crippen molar-refractivity contribution in [1.29, 1.82) is 0 Å². The van der Waals surface area contributed by atoms with Gasteiger partial charge in [-0.3, -0.25) is 0 Å². The number of anilines is 1. The Morgan fingerprint density at radius 2 is 2.00 bits per heavy atom. The number of ether oxygens (including phenoxy) is 1. The van der Waals surface area contributed by atoms with Gasteiger partial charge in [0.15, 0.2) is 0 Å². The summed E-state index contributed by atoms with van der Waals surface area (Å²) in [5.41, 5.74) is 2.24. The fourth-order valence-corrected chi connectivity index (χ4v) is 0.976. The molecular weight excluding hydrogens is 174 g/mol. The van der Waals surface area contributed by atoms with Gasteiger partial charge in [0, 0.05) is 18.8 Å². The Morgan fingerprint density at radius 1 is 1.33 bits per heavy atom. The zero-order chi connectivity index (χ0) is 8.27. The molecule has 0 saturated carbocycles. The third-order valence-corrected chi connectivity index (χ3v) is 1.70. The van der Waals surface area contributed by atoms with Crippen molar-refractivity contribution in [2.24, 2.45) is 0 Å². The van der Waals surface area contributed by atoms with Crippen LogP contribution in [0.5, 0.6) is 5.75 Å². The van der Waals surface area contributed by atoms with Gasteiger partial charge in [0.1, 0.15) is 5.75 Å². The maximum atomic E-state index is 5.15. The largest absolute Gasteiger partial charge is 0.496 e. The van der Waals surface area contributed by atoms with Gasteiger partial charge < -0.3 is 10.1 Å². The molecule has 1 rings (SSSR count). The highest BCUT2D eigenvalue weighted by Gasteiger charge is 1.97. The molecule has 0 heterocycles. The Bertz CT molecular complexity index is 250. The molecule has 0 bridgehead atoms. The molecule has 0 atom stereocenters. The first-order valence-corrected chi connectivity index (χ1v) is 3.60. The van der Waals surface area contributed by atoms with Gasteiger partial charge in [-0.15, -0.1) is 12.4 Å². The monoisotopic (exact) mass is 187 g/mol. The smallest absolute Gasteiger partial charge is 0.123 e. The van der Waals surface area contributed by atoms with Crippen LogP contribution < -0.4 is 10.1 Å². The number of rotatable bonds is 2. The molecule has 12 heavy (non-hydrogen) atoms. The fourth-order valence-electron chi connectivity index (χ4n) is 0.976. The average molecular weight is 188 g/mol. The average Bonchev–Trinajstić information content (AvgIpc) is 2.05. The number of hydrogen-bond acceptors (Lipinski definition) is 2. The van der Waals surface area contributed by atoms with Crippen molar-refractivity contribution in [2.45, 2.75) is 6.92 Å². The maximum Gasteiger partial charge on any atom is 0.123 e. The van der Waals surface area contributed by atoms with E-state index in [4.69, 9.17) is 4.74 Å². The Morgan fingerprint density at radius 3 is 2.50 bits per heavy atom. The number of nitrogens with one attached hydrogen (secondary N) is 1. The van der Waals surface area contributed by atoms with E-state index in [1.165, 1.54) is 0 Å². The molecule has 0 unspecified atom stereocenters. The third-order valence-electron chi connectivity index (χ3n) is 1.70. The van der Waals surface area contributed by atoms with Crippen LogP contribution in [0.15, 0.2) is 18.2 Å².